The SMILES string of the molecule is CCCNC1CCC(c2occc2Br)C1. The first-order valence-corrected chi connectivity index (χ1v) is 6.56. The Kier molecular flexibility index (Phi) is 3.87. The van der Waals surface area contributed by atoms with E-state index in [1.165, 1.54) is 25.7 Å². The zero-order chi connectivity index (χ0) is 10.7. The summed E-state index contributed by atoms with van der Waals surface area (Å²) in [6.07, 6.45) is 6.72. The Morgan fingerprint density at radius 1 is 1.53 bits per heavy atom. The Morgan fingerprint density at radius 2 is 2.40 bits per heavy atom. The fraction of sp³-hybridized carbons (Fsp3) is 0.667. The summed E-state index contributed by atoms with van der Waals surface area (Å²) < 4.78 is 6.65. The number of halogens is 1. The maximum Gasteiger partial charge on any atom is 0.121 e. The smallest absolute Gasteiger partial charge is 0.121 e. The van der Waals surface area contributed by atoms with Crippen LogP contribution in [0, 0.1) is 0 Å². The largest absolute Gasteiger partial charge is 0.468 e. The molecule has 0 bridgehead atoms. The fourth-order valence-electron chi connectivity index (χ4n) is 2.35. The van der Waals surface area contributed by atoms with Gasteiger partial charge in [0.1, 0.15) is 5.76 Å². The second-order valence-electron chi connectivity index (χ2n) is 4.29. The van der Waals surface area contributed by atoms with E-state index in [9.17, 15) is 0 Å². The minimum atomic E-state index is 0.601. The highest BCUT2D eigenvalue weighted by Crippen LogP contribution is 2.38. The highest BCUT2D eigenvalue weighted by atomic mass is 79.9. The molecule has 1 aliphatic rings. The van der Waals surface area contributed by atoms with E-state index in [0.717, 1.165) is 16.8 Å². The molecule has 84 valence electrons. The van der Waals surface area contributed by atoms with Gasteiger partial charge in [-0.25, -0.2) is 0 Å². The second-order valence-corrected chi connectivity index (χ2v) is 5.15. The lowest BCUT2D eigenvalue weighted by Gasteiger charge is -2.11. The first-order valence-electron chi connectivity index (χ1n) is 5.77. The normalized spacial score (nSPS) is 26.0. The van der Waals surface area contributed by atoms with Crippen LogP contribution in [0.5, 0.6) is 0 Å². The van der Waals surface area contributed by atoms with E-state index in [-0.39, 0.29) is 0 Å². The summed E-state index contributed by atoms with van der Waals surface area (Å²) in [7, 11) is 0. The molecule has 2 atom stereocenters. The third-order valence-electron chi connectivity index (χ3n) is 3.13. The molecule has 2 nitrogen and oxygen atoms in total. The van der Waals surface area contributed by atoms with Gasteiger partial charge in [0, 0.05) is 12.0 Å². The molecule has 1 fully saturated rings. The van der Waals surface area contributed by atoms with Gasteiger partial charge in [0.25, 0.3) is 0 Å². The summed E-state index contributed by atoms with van der Waals surface area (Å²) in [5, 5.41) is 3.59. The number of hydrogen-bond acceptors (Lipinski definition) is 2. The standard InChI is InChI=1S/C12H18BrNO/c1-2-6-14-10-4-3-9(8-10)12-11(13)5-7-15-12/h5,7,9-10,14H,2-4,6,8H2,1H3. The Balaban J connectivity index is 1.90. The first kappa shape index (κ1) is 11.2. The van der Waals surface area contributed by atoms with Crippen molar-refractivity contribution < 1.29 is 4.42 Å². The molecule has 2 rings (SSSR count). The summed E-state index contributed by atoms with van der Waals surface area (Å²) in [5.41, 5.74) is 0. The maximum atomic E-state index is 5.53. The molecular weight excluding hydrogens is 254 g/mol. The molecule has 1 saturated carbocycles. The van der Waals surface area contributed by atoms with Gasteiger partial charge < -0.3 is 9.73 Å². The zero-order valence-electron chi connectivity index (χ0n) is 9.13. The summed E-state index contributed by atoms with van der Waals surface area (Å²) in [6.45, 7) is 3.35. The highest BCUT2D eigenvalue weighted by Gasteiger charge is 2.28. The van der Waals surface area contributed by atoms with Gasteiger partial charge in [0.2, 0.25) is 0 Å². The highest BCUT2D eigenvalue weighted by molar-refractivity contribution is 9.10. The molecule has 3 heteroatoms. The van der Waals surface area contributed by atoms with Gasteiger partial charge in [-0.15, -0.1) is 0 Å². The molecule has 1 N–H and O–H groups in total. The third kappa shape index (κ3) is 2.64. The lowest BCUT2D eigenvalue weighted by molar-refractivity contribution is 0.450. The van der Waals surface area contributed by atoms with E-state index in [2.05, 4.69) is 28.2 Å². The lowest BCUT2D eigenvalue weighted by atomic mass is 10.1. The van der Waals surface area contributed by atoms with Gasteiger partial charge >= 0.3 is 0 Å². The van der Waals surface area contributed by atoms with Gasteiger partial charge in [-0.05, 0) is 54.2 Å². The molecule has 1 aromatic heterocycles. The maximum absolute atomic E-state index is 5.53. The summed E-state index contributed by atoms with van der Waals surface area (Å²) >= 11 is 3.53. The van der Waals surface area contributed by atoms with E-state index in [4.69, 9.17) is 4.42 Å². The molecule has 0 spiro atoms. The van der Waals surface area contributed by atoms with Gasteiger partial charge in [0.05, 0.1) is 10.7 Å². The predicted molar refractivity (Wildman–Crippen MR) is 65.1 cm³/mol. The van der Waals surface area contributed by atoms with Crippen molar-refractivity contribution in [2.45, 2.75) is 44.6 Å². The Morgan fingerprint density at radius 3 is 3.07 bits per heavy atom. The average molecular weight is 272 g/mol. The van der Waals surface area contributed by atoms with Crippen LogP contribution in [0.2, 0.25) is 0 Å². The molecule has 0 saturated heterocycles. The molecule has 0 aliphatic heterocycles. The molecule has 2 unspecified atom stereocenters. The zero-order valence-corrected chi connectivity index (χ0v) is 10.7. The van der Waals surface area contributed by atoms with E-state index in [1.54, 1.807) is 6.26 Å². The molecule has 1 aliphatic carbocycles. The van der Waals surface area contributed by atoms with Crippen LogP contribution < -0.4 is 5.32 Å². The van der Waals surface area contributed by atoms with E-state index < -0.39 is 0 Å². The van der Waals surface area contributed by atoms with Crippen molar-refractivity contribution in [3.05, 3.63) is 22.6 Å². The van der Waals surface area contributed by atoms with Crippen molar-refractivity contribution in [2.75, 3.05) is 6.54 Å². The number of furan rings is 1. The molecule has 1 aromatic rings. The molecular formula is C12H18BrNO. The quantitative estimate of drug-likeness (QED) is 0.904. The van der Waals surface area contributed by atoms with Gasteiger partial charge in [-0.2, -0.15) is 0 Å². The van der Waals surface area contributed by atoms with Gasteiger partial charge in [0.15, 0.2) is 0 Å². The Hall–Kier alpha value is -0.280. The molecule has 0 radical (unpaired) electrons. The Bertz CT molecular complexity index is 310. The van der Waals surface area contributed by atoms with Crippen LogP contribution in [-0.2, 0) is 0 Å². The summed E-state index contributed by atoms with van der Waals surface area (Å²) in [6, 6.07) is 2.68. The van der Waals surface area contributed by atoms with E-state index in [0.29, 0.717) is 12.0 Å². The second kappa shape index (κ2) is 5.17. The van der Waals surface area contributed by atoms with Crippen molar-refractivity contribution in [1.82, 2.24) is 5.32 Å². The van der Waals surface area contributed by atoms with Crippen LogP contribution in [-0.4, -0.2) is 12.6 Å². The van der Waals surface area contributed by atoms with E-state index in [1.807, 2.05) is 6.07 Å². The van der Waals surface area contributed by atoms with Crippen LogP contribution >= 0.6 is 15.9 Å². The topological polar surface area (TPSA) is 25.2 Å². The van der Waals surface area contributed by atoms with Crippen molar-refractivity contribution >= 4 is 15.9 Å². The monoisotopic (exact) mass is 271 g/mol. The summed E-state index contributed by atoms with van der Waals surface area (Å²) in [5.74, 6) is 1.74. The minimum Gasteiger partial charge on any atom is -0.468 e. The molecule has 15 heavy (non-hydrogen) atoms. The van der Waals surface area contributed by atoms with E-state index >= 15 is 0 Å². The molecule has 1 heterocycles. The van der Waals surface area contributed by atoms with Gasteiger partial charge in [-0.1, -0.05) is 6.92 Å². The van der Waals surface area contributed by atoms with Crippen molar-refractivity contribution in [2.24, 2.45) is 0 Å². The summed E-state index contributed by atoms with van der Waals surface area (Å²) in [4.78, 5) is 0. The Labute approximate surface area is 99.6 Å². The van der Waals surface area contributed by atoms with Crippen LogP contribution in [0.25, 0.3) is 0 Å². The van der Waals surface area contributed by atoms with Crippen LogP contribution in [0.4, 0.5) is 0 Å². The molecule has 0 amide bonds. The molecule has 0 aromatic carbocycles. The van der Waals surface area contributed by atoms with Crippen molar-refractivity contribution in [3.63, 3.8) is 0 Å². The fourth-order valence-corrected chi connectivity index (χ4v) is 2.88. The van der Waals surface area contributed by atoms with Crippen LogP contribution in [0.1, 0.15) is 44.3 Å². The minimum absolute atomic E-state index is 0.601. The number of hydrogen-bond donors (Lipinski definition) is 1. The van der Waals surface area contributed by atoms with Crippen LogP contribution in [0.15, 0.2) is 21.2 Å². The average Bonchev–Trinajstić information content (AvgIpc) is 2.83. The predicted octanol–water partition coefficient (Wildman–Crippen LogP) is 3.68. The van der Waals surface area contributed by atoms with Crippen molar-refractivity contribution in [3.8, 4) is 0 Å². The van der Waals surface area contributed by atoms with Crippen LogP contribution in [0.3, 0.4) is 0 Å². The number of nitrogens with one attached hydrogen (secondary N) is 1. The first-order chi connectivity index (χ1) is 7.31. The number of rotatable bonds is 4. The third-order valence-corrected chi connectivity index (χ3v) is 3.79. The van der Waals surface area contributed by atoms with Gasteiger partial charge in [-0.3, -0.25) is 0 Å². The van der Waals surface area contributed by atoms with Crippen molar-refractivity contribution in [1.29, 1.82) is 0 Å². The lowest BCUT2D eigenvalue weighted by Crippen LogP contribution is -2.26.